The van der Waals surface area contributed by atoms with Gasteiger partial charge in [-0.3, -0.25) is 0 Å². The van der Waals surface area contributed by atoms with E-state index in [1.54, 1.807) is 0 Å². The molecule has 2 saturated carbocycles. The monoisotopic (exact) mass is 321 g/mol. The van der Waals surface area contributed by atoms with Crippen LogP contribution in [0, 0.1) is 33.6 Å². The fourth-order valence-corrected chi connectivity index (χ4v) is 6.06. The van der Waals surface area contributed by atoms with Crippen molar-refractivity contribution in [3.8, 4) is 0 Å². The Kier molecular flexibility index (Phi) is 3.89. The molecule has 0 aliphatic heterocycles. The zero-order chi connectivity index (χ0) is 16.2. The molecule has 0 bridgehead atoms. The molecule has 0 amide bonds. The molecule has 122 valence electrons. The molecule has 0 saturated heterocycles. The van der Waals surface area contributed by atoms with Crippen LogP contribution in [0.5, 0.6) is 0 Å². The second-order valence-corrected chi connectivity index (χ2v) is 9.01. The molecule has 2 fully saturated rings. The Labute approximate surface area is 134 Å². The number of sulfonamides is 1. The Hall–Kier alpha value is -0.870. The van der Waals surface area contributed by atoms with E-state index in [2.05, 4.69) is 13.0 Å². The van der Waals surface area contributed by atoms with E-state index in [1.165, 1.54) is 12.8 Å². The number of hydrogen-bond acceptors (Lipinski definition) is 2. The highest BCUT2D eigenvalue weighted by molar-refractivity contribution is 7.89. The van der Waals surface area contributed by atoms with E-state index in [9.17, 15) is 8.42 Å². The molecule has 3 nitrogen and oxygen atoms in total. The molecular formula is C18H27NO2S. The van der Waals surface area contributed by atoms with Crippen LogP contribution in [0.15, 0.2) is 11.0 Å². The van der Waals surface area contributed by atoms with Crippen molar-refractivity contribution in [1.82, 2.24) is 4.31 Å². The predicted molar refractivity (Wildman–Crippen MR) is 89.6 cm³/mol. The van der Waals surface area contributed by atoms with Gasteiger partial charge in [-0.05, 0) is 88.5 Å². The van der Waals surface area contributed by atoms with Crippen LogP contribution in [0.25, 0.3) is 0 Å². The average molecular weight is 321 g/mol. The van der Waals surface area contributed by atoms with E-state index >= 15 is 0 Å². The maximum absolute atomic E-state index is 13.5. The highest BCUT2D eigenvalue weighted by Crippen LogP contribution is 2.43. The van der Waals surface area contributed by atoms with Gasteiger partial charge in [-0.1, -0.05) is 6.07 Å². The lowest BCUT2D eigenvalue weighted by Gasteiger charge is -2.30. The highest BCUT2D eigenvalue weighted by Gasteiger charge is 2.46. The largest absolute Gasteiger partial charge is 0.244 e. The summed E-state index contributed by atoms with van der Waals surface area (Å²) in [6.45, 7) is 10.0. The van der Waals surface area contributed by atoms with E-state index < -0.39 is 10.0 Å². The first-order valence-electron chi connectivity index (χ1n) is 8.36. The summed E-state index contributed by atoms with van der Waals surface area (Å²) in [5, 5.41) is 0. The van der Waals surface area contributed by atoms with Crippen LogP contribution in [-0.4, -0.2) is 24.8 Å². The van der Waals surface area contributed by atoms with Crippen molar-refractivity contribution in [3.05, 3.63) is 28.3 Å². The Morgan fingerprint density at radius 2 is 1.50 bits per heavy atom. The van der Waals surface area contributed by atoms with Crippen molar-refractivity contribution in [1.29, 1.82) is 0 Å². The number of nitrogens with zero attached hydrogens (tertiary/aromatic N) is 1. The van der Waals surface area contributed by atoms with Crippen LogP contribution < -0.4 is 0 Å². The van der Waals surface area contributed by atoms with Gasteiger partial charge in [0.25, 0.3) is 0 Å². The third-order valence-corrected chi connectivity index (χ3v) is 7.76. The van der Waals surface area contributed by atoms with Crippen molar-refractivity contribution in [2.75, 3.05) is 0 Å². The fraction of sp³-hybridized carbons (Fsp3) is 0.667. The SMILES string of the molecule is Cc1cc(C)c(C)c(S(=O)(=O)N(C2CC2)C(C)C2CC2)c1C. The molecule has 0 N–H and O–H groups in total. The molecule has 1 atom stereocenters. The van der Waals surface area contributed by atoms with Gasteiger partial charge in [0.2, 0.25) is 10.0 Å². The molecule has 0 spiro atoms. The topological polar surface area (TPSA) is 37.4 Å². The zero-order valence-electron chi connectivity index (χ0n) is 14.3. The summed E-state index contributed by atoms with van der Waals surface area (Å²) in [6, 6.07) is 2.45. The molecule has 2 aliphatic rings. The molecule has 1 aromatic rings. The molecular weight excluding hydrogens is 294 g/mol. The summed E-state index contributed by atoms with van der Waals surface area (Å²) in [6.07, 6.45) is 4.37. The maximum atomic E-state index is 13.5. The van der Waals surface area contributed by atoms with Crippen LogP contribution >= 0.6 is 0 Å². The van der Waals surface area contributed by atoms with Gasteiger partial charge < -0.3 is 0 Å². The minimum Gasteiger partial charge on any atom is -0.207 e. The number of rotatable bonds is 5. The zero-order valence-corrected chi connectivity index (χ0v) is 15.1. The molecule has 0 aromatic heterocycles. The van der Waals surface area contributed by atoms with E-state index in [1.807, 2.05) is 32.0 Å². The van der Waals surface area contributed by atoms with Gasteiger partial charge in [0.1, 0.15) is 0 Å². The first-order valence-corrected chi connectivity index (χ1v) is 9.80. The number of benzene rings is 1. The fourth-order valence-electron chi connectivity index (χ4n) is 3.54. The molecule has 3 rings (SSSR count). The summed E-state index contributed by atoms with van der Waals surface area (Å²) in [5.41, 5.74) is 3.96. The summed E-state index contributed by atoms with van der Waals surface area (Å²) in [5.74, 6) is 0.557. The van der Waals surface area contributed by atoms with Crippen LogP contribution in [-0.2, 0) is 10.0 Å². The molecule has 1 aromatic carbocycles. The van der Waals surface area contributed by atoms with E-state index in [0.717, 1.165) is 35.1 Å². The van der Waals surface area contributed by atoms with Crippen LogP contribution in [0.3, 0.4) is 0 Å². The maximum Gasteiger partial charge on any atom is 0.244 e. The van der Waals surface area contributed by atoms with E-state index in [4.69, 9.17) is 0 Å². The standard InChI is InChI=1S/C18H27NO2S/c1-11-10-12(2)14(4)18(13(11)3)22(20,21)19(17-8-9-17)15(5)16-6-7-16/h10,15-17H,6-9H2,1-5H3. The lowest BCUT2D eigenvalue weighted by Crippen LogP contribution is -2.42. The molecule has 1 unspecified atom stereocenters. The first-order chi connectivity index (χ1) is 10.2. The van der Waals surface area contributed by atoms with Crippen molar-refractivity contribution in [3.63, 3.8) is 0 Å². The Morgan fingerprint density at radius 1 is 1.00 bits per heavy atom. The van der Waals surface area contributed by atoms with Crippen molar-refractivity contribution in [2.45, 2.75) is 77.3 Å². The van der Waals surface area contributed by atoms with E-state index in [0.29, 0.717) is 10.8 Å². The normalized spacial score (nSPS) is 20.5. The molecule has 0 heterocycles. The minimum atomic E-state index is -3.42. The summed E-state index contributed by atoms with van der Waals surface area (Å²) in [7, 11) is -3.42. The molecule has 4 heteroatoms. The second kappa shape index (κ2) is 5.34. The van der Waals surface area contributed by atoms with Crippen LogP contribution in [0.1, 0.15) is 54.9 Å². The lowest BCUT2D eigenvalue weighted by atomic mass is 10.0. The van der Waals surface area contributed by atoms with Crippen molar-refractivity contribution < 1.29 is 8.42 Å². The van der Waals surface area contributed by atoms with Crippen LogP contribution in [0.4, 0.5) is 0 Å². The van der Waals surface area contributed by atoms with Gasteiger partial charge >= 0.3 is 0 Å². The van der Waals surface area contributed by atoms with E-state index in [-0.39, 0.29) is 12.1 Å². The molecule has 2 aliphatic carbocycles. The van der Waals surface area contributed by atoms with Gasteiger partial charge in [0.15, 0.2) is 0 Å². The van der Waals surface area contributed by atoms with Gasteiger partial charge in [-0.15, -0.1) is 0 Å². The van der Waals surface area contributed by atoms with Gasteiger partial charge in [0, 0.05) is 12.1 Å². The van der Waals surface area contributed by atoms with Crippen molar-refractivity contribution in [2.24, 2.45) is 5.92 Å². The molecule has 22 heavy (non-hydrogen) atoms. The highest BCUT2D eigenvalue weighted by atomic mass is 32.2. The lowest BCUT2D eigenvalue weighted by molar-refractivity contribution is 0.301. The smallest absolute Gasteiger partial charge is 0.207 e. The van der Waals surface area contributed by atoms with Crippen LogP contribution in [0.2, 0.25) is 0 Å². The number of aryl methyl sites for hydroxylation is 2. The molecule has 0 radical (unpaired) electrons. The van der Waals surface area contributed by atoms with Gasteiger partial charge in [-0.25, -0.2) is 8.42 Å². The third-order valence-electron chi connectivity index (χ3n) is 5.45. The first kappa shape index (κ1) is 16.0. The Morgan fingerprint density at radius 3 is 1.91 bits per heavy atom. The van der Waals surface area contributed by atoms with Gasteiger partial charge in [0.05, 0.1) is 4.90 Å². The summed E-state index contributed by atoms with van der Waals surface area (Å²) >= 11 is 0. The van der Waals surface area contributed by atoms with Gasteiger partial charge in [-0.2, -0.15) is 4.31 Å². The summed E-state index contributed by atoms with van der Waals surface area (Å²) in [4.78, 5) is 0.560. The third kappa shape index (κ3) is 2.61. The number of hydrogen-bond donors (Lipinski definition) is 0. The Balaban J connectivity index is 2.12. The summed E-state index contributed by atoms with van der Waals surface area (Å²) < 4.78 is 28.8. The van der Waals surface area contributed by atoms with Crippen molar-refractivity contribution >= 4 is 10.0 Å². The predicted octanol–water partition coefficient (Wildman–Crippen LogP) is 3.87. The Bertz CT molecular complexity index is 674. The minimum absolute atomic E-state index is 0.136. The average Bonchev–Trinajstić information content (AvgIpc) is 3.27. The quantitative estimate of drug-likeness (QED) is 0.825. The second-order valence-electron chi connectivity index (χ2n) is 7.23.